The number of allylic oxidation sites excluding steroid dienone is 5. The van der Waals surface area contributed by atoms with Gasteiger partial charge in [0.1, 0.15) is 0 Å². The van der Waals surface area contributed by atoms with Gasteiger partial charge in [-0.25, -0.2) is 0 Å². The van der Waals surface area contributed by atoms with Crippen LogP contribution in [0.2, 0.25) is 0 Å². The average molecular weight is 329 g/mol. The van der Waals surface area contributed by atoms with E-state index in [2.05, 4.69) is 22.8 Å². The normalized spacial score (nSPS) is 23.0. The minimum Gasteiger partial charge on any atom is -0.375 e. The zero-order valence-electron chi connectivity index (χ0n) is 15.2. The van der Waals surface area contributed by atoms with Crippen LogP contribution in [0.5, 0.6) is 0 Å². The smallest absolute Gasteiger partial charge is 0.182 e. The molecular formula is C21H32N2O. The molecule has 1 aliphatic carbocycles. The van der Waals surface area contributed by atoms with Gasteiger partial charge >= 0.3 is 0 Å². The zero-order chi connectivity index (χ0) is 16.8. The summed E-state index contributed by atoms with van der Waals surface area (Å²) in [6.07, 6.45) is 17.2. The number of carbonyl (C=O) groups excluding carboxylic acids is 1. The molecule has 2 aliphatic heterocycles. The van der Waals surface area contributed by atoms with Crippen molar-refractivity contribution in [3.8, 4) is 0 Å². The molecule has 0 aromatic rings. The molecule has 24 heavy (non-hydrogen) atoms. The minimum atomic E-state index is 0.165. The Kier molecular flexibility index (Phi) is 6.17. The maximum absolute atomic E-state index is 12.6. The molecule has 0 saturated carbocycles. The SMILES string of the molecule is CC(=CC(=O)C=C(CC1=CCCCC1)N1CCCC1)N1CCCC1. The highest BCUT2D eigenvalue weighted by Gasteiger charge is 2.18. The molecule has 3 heteroatoms. The van der Waals surface area contributed by atoms with Crippen molar-refractivity contribution < 1.29 is 4.79 Å². The fraction of sp³-hybridized carbons (Fsp3) is 0.667. The molecule has 0 bridgehead atoms. The van der Waals surface area contributed by atoms with Crippen molar-refractivity contribution >= 4 is 5.78 Å². The number of hydrogen-bond acceptors (Lipinski definition) is 3. The van der Waals surface area contributed by atoms with Crippen LogP contribution in [0.25, 0.3) is 0 Å². The first-order chi connectivity index (χ1) is 11.7. The molecule has 0 aromatic carbocycles. The molecule has 2 heterocycles. The molecule has 0 amide bonds. The summed E-state index contributed by atoms with van der Waals surface area (Å²) >= 11 is 0. The van der Waals surface area contributed by atoms with Gasteiger partial charge in [-0.3, -0.25) is 4.79 Å². The third kappa shape index (κ3) is 4.75. The van der Waals surface area contributed by atoms with E-state index in [1.807, 2.05) is 12.2 Å². The van der Waals surface area contributed by atoms with Crippen molar-refractivity contribution in [3.05, 3.63) is 35.2 Å². The lowest BCUT2D eigenvalue weighted by molar-refractivity contribution is -0.110. The first kappa shape index (κ1) is 17.3. The molecule has 0 radical (unpaired) electrons. The summed E-state index contributed by atoms with van der Waals surface area (Å²) in [6, 6.07) is 0. The van der Waals surface area contributed by atoms with E-state index >= 15 is 0 Å². The van der Waals surface area contributed by atoms with Crippen molar-refractivity contribution in [1.29, 1.82) is 0 Å². The van der Waals surface area contributed by atoms with E-state index in [1.54, 1.807) is 0 Å². The van der Waals surface area contributed by atoms with E-state index < -0.39 is 0 Å². The third-order valence-electron chi connectivity index (χ3n) is 5.57. The molecule has 3 aliphatic rings. The van der Waals surface area contributed by atoms with Crippen LogP contribution in [0.3, 0.4) is 0 Å². The maximum Gasteiger partial charge on any atom is 0.182 e. The quantitative estimate of drug-likeness (QED) is 0.532. The van der Waals surface area contributed by atoms with Crippen LogP contribution in [0.4, 0.5) is 0 Å². The zero-order valence-corrected chi connectivity index (χ0v) is 15.2. The van der Waals surface area contributed by atoms with Crippen LogP contribution in [0.1, 0.15) is 64.7 Å². The largest absolute Gasteiger partial charge is 0.375 e. The van der Waals surface area contributed by atoms with Crippen molar-refractivity contribution in [1.82, 2.24) is 9.80 Å². The van der Waals surface area contributed by atoms with Crippen LogP contribution in [0.15, 0.2) is 35.2 Å². The van der Waals surface area contributed by atoms with E-state index in [-0.39, 0.29) is 5.78 Å². The van der Waals surface area contributed by atoms with Gasteiger partial charge in [0, 0.05) is 56.1 Å². The second-order valence-corrected chi connectivity index (χ2v) is 7.50. The molecule has 132 valence electrons. The molecule has 0 unspecified atom stereocenters. The van der Waals surface area contributed by atoms with Crippen LogP contribution in [-0.2, 0) is 4.79 Å². The second kappa shape index (κ2) is 8.55. The molecule has 0 atom stereocenters. The van der Waals surface area contributed by atoms with E-state index in [4.69, 9.17) is 0 Å². The number of ketones is 1. The topological polar surface area (TPSA) is 23.6 Å². The van der Waals surface area contributed by atoms with Crippen LogP contribution in [-0.4, -0.2) is 41.8 Å². The summed E-state index contributed by atoms with van der Waals surface area (Å²) in [5.41, 5.74) is 3.91. The fourth-order valence-corrected chi connectivity index (χ4v) is 4.13. The Bertz CT molecular complexity index is 532. The number of carbonyl (C=O) groups is 1. The van der Waals surface area contributed by atoms with Gasteiger partial charge in [0.15, 0.2) is 5.78 Å². The fourth-order valence-electron chi connectivity index (χ4n) is 4.13. The summed E-state index contributed by atoms with van der Waals surface area (Å²) in [4.78, 5) is 17.4. The van der Waals surface area contributed by atoms with Gasteiger partial charge in [-0.2, -0.15) is 0 Å². The first-order valence-corrected chi connectivity index (χ1v) is 9.83. The molecule has 0 N–H and O–H groups in total. The van der Waals surface area contributed by atoms with Gasteiger partial charge < -0.3 is 9.80 Å². The van der Waals surface area contributed by atoms with Crippen molar-refractivity contribution in [2.45, 2.75) is 64.7 Å². The van der Waals surface area contributed by atoms with E-state index in [0.29, 0.717) is 0 Å². The van der Waals surface area contributed by atoms with Gasteiger partial charge in [0.05, 0.1) is 0 Å². The Labute approximate surface area is 147 Å². The minimum absolute atomic E-state index is 0.165. The molecular weight excluding hydrogens is 296 g/mol. The van der Waals surface area contributed by atoms with Gasteiger partial charge in [-0.15, -0.1) is 0 Å². The summed E-state index contributed by atoms with van der Waals surface area (Å²) in [7, 11) is 0. The highest BCUT2D eigenvalue weighted by molar-refractivity contribution is 6.00. The molecule has 3 nitrogen and oxygen atoms in total. The molecule has 2 saturated heterocycles. The van der Waals surface area contributed by atoms with E-state index in [0.717, 1.165) is 38.3 Å². The predicted octanol–water partition coefficient (Wildman–Crippen LogP) is 4.43. The first-order valence-electron chi connectivity index (χ1n) is 9.83. The second-order valence-electron chi connectivity index (χ2n) is 7.50. The van der Waals surface area contributed by atoms with E-state index in [1.165, 1.54) is 62.6 Å². The van der Waals surface area contributed by atoms with Crippen LogP contribution >= 0.6 is 0 Å². The molecule has 0 aromatic heterocycles. The highest BCUT2D eigenvalue weighted by atomic mass is 16.1. The Balaban J connectivity index is 1.70. The molecule has 3 rings (SSSR count). The Hall–Kier alpha value is -1.51. The van der Waals surface area contributed by atoms with Crippen LogP contribution in [0, 0.1) is 0 Å². The Morgan fingerprint density at radius 2 is 1.62 bits per heavy atom. The van der Waals surface area contributed by atoms with Crippen molar-refractivity contribution in [3.63, 3.8) is 0 Å². The summed E-state index contributed by atoms with van der Waals surface area (Å²) < 4.78 is 0. The summed E-state index contributed by atoms with van der Waals surface area (Å²) in [6.45, 7) is 6.51. The summed E-state index contributed by atoms with van der Waals surface area (Å²) in [5, 5.41) is 0. The lowest BCUT2D eigenvalue weighted by atomic mass is 9.95. The predicted molar refractivity (Wildman–Crippen MR) is 99.6 cm³/mol. The van der Waals surface area contributed by atoms with Gasteiger partial charge in [-0.05, 0) is 58.3 Å². The Morgan fingerprint density at radius 1 is 0.958 bits per heavy atom. The van der Waals surface area contributed by atoms with E-state index in [9.17, 15) is 4.79 Å². The number of rotatable bonds is 6. The number of nitrogens with zero attached hydrogens (tertiary/aromatic N) is 2. The third-order valence-corrected chi connectivity index (χ3v) is 5.57. The molecule has 2 fully saturated rings. The van der Waals surface area contributed by atoms with Crippen molar-refractivity contribution in [2.24, 2.45) is 0 Å². The average Bonchev–Trinajstić information content (AvgIpc) is 3.29. The monoisotopic (exact) mass is 328 g/mol. The van der Waals surface area contributed by atoms with Crippen molar-refractivity contribution in [2.75, 3.05) is 26.2 Å². The molecule has 0 spiro atoms. The van der Waals surface area contributed by atoms with Gasteiger partial charge in [0.25, 0.3) is 0 Å². The highest BCUT2D eigenvalue weighted by Crippen LogP contribution is 2.27. The number of hydrogen-bond donors (Lipinski definition) is 0. The lowest BCUT2D eigenvalue weighted by Crippen LogP contribution is -2.21. The van der Waals surface area contributed by atoms with Gasteiger partial charge in [-0.1, -0.05) is 11.6 Å². The number of likely N-dealkylation sites (tertiary alicyclic amines) is 2. The van der Waals surface area contributed by atoms with Crippen LogP contribution < -0.4 is 0 Å². The van der Waals surface area contributed by atoms with Gasteiger partial charge in [0.2, 0.25) is 0 Å². The standard InChI is InChI=1S/C21H32N2O/c1-18(22-11-5-6-12-22)15-21(24)17-20(23-13-7-8-14-23)16-19-9-3-2-4-10-19/h9,15,17H,2-8,10-14,16H2,1H3. The maximum atomic E-state index is 12.6. The summed E-state index contributed by atoms with van der Waals surface area (Å²) in [5.74, 6) is 0.165. The Morgan fingerprint density at radius 3 is 2.25 bits per heavy atom. The lowest BCUT2D eigenvalue weighted by Gasteiger charge is -2.24.